The maximum absolute atomic E-state index is 12.2. The lowest BCUT2D eigenvalue weighted by Gasteiger charge is -2.11. The number of H-pyrrole nitrogens is 1. The van der Waals surface area contributed by atoms with Gasteiger partial charge in [-0.15, -0.1) is 0 Å². The maximum atomic E-state index is 12.2. The molecule has 0 spiro atoms. The van der Waals surface area contributed by atoms with Gasteiger partial charge in [-0.3, -0.25) is 9.55 Å². The lowest BCUT2D eigenvalue weighted by molar-refractivity contribution is 0.393. The molecule has 0 unspecified atom stereocenters. The molecule has 25 heavy (non-hydrogen) atoms. The van der Waals surface area contributed by atoms with Crippen LogP contribution >= 0.6 is 0 Å². The summed E-state index contributed by atoms with van der Waals surface area (Å²) in [6.07, 6.45) is 3.60. The summed E-state index contributed by atoms with van der Waals surface area (Å²) in [6, 6.07) is 6.01. The first-order valence-corrected chi connectivity index (χ1v) is 8.04. The lowest BCUT2D eigenvalue weighted by atomic mass is 9.95. The van der Waals surface area contributed by atoms with Crippen molar-refractivity contribution in [3.63, 3.8) is 0 Å². The number of rotatable bonds is 2. The van der Waals surface area contributed by atoms with Crippen molar-refractivity contribution >= 4 is 11.0 Å². The Morgan fingerprint density at radius 3 is 2.64 bits per heavy atom. The third-order valence-corrected chi connectivity index (χ3v) is 4.64. The van der Waals surface area contributed by atoms with Gasteiger partial charge in [-0.1, -0.05) is 5.16 Å². The molecule has 0 saturated carbocycles. The van der Waals surface area contributed by atoms with E-state index in [-0.39, 0.29) is 5.69 Å². The van der Waals surface area contributed by atoms with Crippen LogP contribution in [0.2, 0.25) is 0 Å². The van der Waals surface area contributed by atoms with E-state index in [1.54, 1.807) is 17.8 Å². The molecule has 1 N–H and O–H groups in total. The van der Waals surface area contributed by atoms with Gasteiger partial charge in [-0.05, 0) is 50.1 Å². The Bertz CT molecular complexity index is 1140. The summed E-state index contributed by atoms with van der Waals surface area (Å²) in [6.45, 7) is 5.84. The van der Waals surface area contributed by atoms with Crippen molar-refractivity contribution in [3.8, 4) is 22.3 Å². The number of hydrogen-bond acceptors (Lipinski definition) is 4. The zero-order valence-corrected chi connectivity index (χ0v) is 14.5. The number of imidazole rings is 1. The van der Waals surface area contributed by atoms with Gasteiger partial charge in [-0.2, -0.15) is 0 Å². The minimum Gasteiger partial charge on any atom is -0.361 e. The first-order chi connectivity index (χ1) is 12.0. The van der Waals surface area contributed by atoms with E-state index in [9.17, 15) is 4.79 Å². The molecule has 0 amide bonds. The van der Waals surface area contributed by atoms with E-state index in [4.69, 9.17) is 4.52 Å². The van der Waals surface area contributed by atoms with Gasteiger partial charge in [0.1, 0.15) is 5.76 Å². The Kier molecular flexibility index (Phi) is 3.35. The van der Waals surface area contributed by atoms with Crippen LogP contribution in [0.1, 0.15) is 17.0 Å². The van der Waals surface area contributed by atoms with E-state index >= 15 is 0 Å². The van der Waals surface area contributed by atoms with Crippen molar-refractivity contribution in [1.29, 1.82) is 0 Å². The molecule has 0 saturated heterocycles. The molecule has 4 rings (SSSR count). The van der Waals surface area contributed by atoms with Gasteiger partial charge in [-0.25, -0.2) is 4.79 Å². The molecule has 3 heterocycles. The third kappa shape index (κ3) is 2.29. The van der Waals surface area contributed by atoms with E-state index in [1.165, 1.54) is 0 Å². The van der Waals surface area contributed by atoms with Crippen LogP contribution in [-0.2, 0) is 7.05 Å². The number of nitrogens with zero attached hydrogens (tertiary/aromatic N) is 3. The molecule has 6 nitrogen and oxygen atoms in total. The Labute approximate surface area is 144 Å². The molecule has 0 fully saturated rings. The highest BCUT2D eigenvalue weighted by atomic mass is 16.5. The van der Waals surface area contributed by atoms with Crippen LogP contribution in [0.15, 0.2) is 39.9 Å². The number of aromatic amines is 1. The summed E-state index contributed by atoms with van der Waals surface area (Å²) >= 11 is 0. The summed E-state index contributed by atoms with van der Waals surface area (Å²) < 4.78 is 6.95. The van der Waals surface area contributed by atoms with Gasteiger partial charge < -0.3 is 9.51 Å². The Balaban J connectivity index is 2.13. The van der Waals surface area contributed by atoms with E-state index in [2.05, 4.69) is 21.2 Å². The fourth-order valence-corrected chi connectivity index (χ4v) is 3.38. The summed E-state index contributed by atoms with van der Waals surface area (Å²) in [5.74, 6) is 0.754. The third-order valence-electron chi connectivity index (χ3n) is 4.64. The molecule has 0 aliphatic rings. The average molecular weight is 334 g/mol. The molecule has 3 aromatic heterocycles. The zero-order chi connectivity index (χ0) is 17.7. The predicted octanol–water partition coefficient (Wildman–Crippen LogP) is 3.51. The van der Waals surface area contributed by atoms with Crippen LogP contribution in [0.3, 0.4) is 0 Å². The Morgan fingerprint density at radius 1 is 1.16 bits per heavy atom. The number of benzene rings is 1. The second kappa shape index (κ2) is 5.44. The number of aromatic nitrogens is 4. The SMILES string of the molecule is Cc1ccncc1-c1cc(-c2c(C)noc2C)cc2[nH]c(=O)n(C)c12. The number of pyridine rings is 1. The van der Waals surface area contributed by atoms with Crippen LogP contribution in [0.5, 0.6) is 0 Å². The molecule has 126 valence electrons. The van der Waals surface area contributed by atoms with Crippen LogP contribution in [-0.4, -0.2) is 19.7 Å². The van der Waals surface area contributed by atoms with Crippen LogP contribution in [0.4, 0.5) is 0 Å². The van der Waals surface area contributed by atoms with Gasteiger partial charge >= 0.3 is 5.69 Å². The van der Waals surface area contributed by atoms with Gasteiger partial charge in [0.15, 0.2) is 0 Å². The quantitative estimate of drug-likeness (QED) is 0.608. The highest BCUT2D eigenvalue weighted by Crippen LogP contribution is 2.36. The summed E-state index contributed by atoms with van der Waals surface area (Å²) in [5.41, 5.74) is 7.28. The zero-order valence-electron chi connectivity index (χ0n) is 14.5. The fraction of sp³-hybridized carbons (Fsp3) is 0.211. The van der Waals surface area contributed by atoms with Crippen molar-refractivity contribution in [1.82, 2.24) is 19.7 Å². The van der Waals surface area contributed by atoms with Crippen LogP contribution in [0.25, 0.3) is 33.3 Å². The molecule has 0 radical (unpaired) electrons. The number of fused-ring (bicyclic) bond motifs is 1. The number of hydrogen-bond donors (Lipinski definition) is 1. The summed E-state index contributed by atoms with van der Waals surface area (Å²) in [4.78, 5) is 19.4. The largest absolute Gasteiger partial charge is 0.361 e. The van der Waals surface area contributed by atoms with E-state index < -0.39 is 0 Å². The standard InChI is InChI=1S/C19H18N4O2/c1-10-5-6-20-9-15(10)14-7-13(17-11(2)22-25-12(17)3)8-16-18(14)23(4)19(24)21-16/h5-9H,1-4H3,(H,21,24). The average Bonchev–Trinajstić information content (AvgIpc) is 3.06. The molecule has 4 aromatic rings. The van der Waals surface area contributed by atoms with Gasteiger partial charge in [0, 0.05) is 36.1 Å². The monoisotopic (exact) mass is 334 g/mol. The van der Waals surface area contributed by atoms with Crippen molar-refractivity contribution in [2.45, 2.75) is 20.8 Å². The van der Waals surface area contributed by atoms with Gasteiger partial charge in [0.2, 0.25) is 0 Å². The minimum atomic E-state index is -0.145. The van der Waals surface area contributed by atoms with Crippen LogP contribution < -0.4 is 5.69 Å². The summed E-state index contributed by atoms with van der Waals surface area (Å²) in [5, 5.41) is 4.05. The minimum absolute atomic E-state index is 0.145. The van der Waals surface area contributed by atoms with E-state index in [0.717, 1.165) is 50.3 Å². The predicted molar refractivity (Wildman–Crippen MR) is 96.5 cm³/mol. The second-order valence-corrected chi connectivity index (χ2v) is 6.30. The van der Waals surface area contributed by atoms with Crippen molar-refractivity contribution in [2.75, 3.05) is 0 Å². The molecule has 1 aromatic carbocycles. The van der Waals surface area contributed by atoms with Gasteiger partial charge in [0.25, 0.3) is 0 Å². The highest BCUT2D eigenvalue weighted by molar-refractivity contribution is 5.97. The number of aryl methyl sites for hydroxylation is 4. The number of nitrogens with one attached hydrogen (secondary N) is 1. The van der Waals surface area contributed by atoms with E-state index in [0.29, 0.717) is 0 Å². The Hall–Kier alpha value is -3.15. The summed E-state index contributed by atoms with van der Waals surface area (Å²) in [7, 11) is 1.77. The van der Waals surface area contributed by atoms with Crippen molar-refractivity contribution in [3.05, 3.63) is 58.1 Å². The second-order valence-electron chi connectivity index (χ2n) is 6.30. The van der Waals surface area contributed by atoms with Crippen molar-refractivity contribution in [2.24, 2.45) is 7.05 Å². The topological polar surface area (TPSA) is 76.7 Å². The Morgan fingerprint density at radius 2 is 1.96 bits per heavy atom. The lowest BCUT2D eigenvalue weighted by Crippen LogP contribution is -2.12. The molecule has 0 aliphatic carbocycles. The molecular weight excluding hydrogens is 316 g/mol. The first kappa shape index (κ1) is 15.4. The maximum Gasteiger partial charge on any atom is 0.326 e. The van der Waals surface area contributed by atoms with E-state index in [1.807, 2.05) is 39.1 Å². The molecule has 0 aliphatic heterocycles. The smallest absolute Gasteiger partial charge is 0.326 e. The molecule has 6 heteroatoms. The first-order valence-electron chi connectivity index (χ1n) is 8.04. The normalized spacial score (nSPS) is 11.4. The highest BCUT2D eigenvalue weighted by Gasteiger charge is 2.18. The van der Waals surface area contributed by atoms with Crippen molar-refractivity contribution < 1.29 is 4.52 Å². The van der Waals surface area contributed by atoms with Gasteiger partial charge in [0.05, 0.1) is 16.7 Å². The van der Waals surface area contributed by atoms with Crippen LogP contribution in [0, 0.1) is 20.8 Å². The molecule has 0 bridgehead atoms. The molecular formula is C19H18N4O2. The molecule has 0 atom stereocenters. The fourth-order valence-electron chi connectivity index (χ4n) is 3.38.